The molecule has 0 N–H and O–H groups in total. The normalized spacial score (nSPS) is 12.3. The van der Waals surface area contributed by atoms with Gasteiger partial charge in [0.25, 0.3) is 0 Å². The van der Waals surface area contributed by atoms with Crippen molar-refractivity contribution in [1.82, 2.24) is 13.5 Å². The van der Waals surface area contributed by atoms with Crippen molar-refractivity contribution in [2.24, 2.45) is 0 Å². The van der Waals surface area contributed by atoms with Gasteiger partial charge in [-0.3, -0.25) is 0 Å². The van der Waals surface area contributed by atoms with Crippen LogP contribution >= 0.6 is 0 Å². The third-order valence-corrected chi connectivity index (χ3v) is 11.2. The van der Waals surface area contributed by atoms with Crippen molar-refractivity contribution in [2.75, 3.05) is 0 Å². The van der Waals surface area contributed by atoms with Crippen LogP contribution < -0.4 is 0 Å². The van der Waals surface area contributed by atoms with Crippen molar-refractivity contribution >= 4 is 81.7 Å². The largest absolute Gasteiger partial charge is 0.309 e. The summed E-state index contributed by atoms with van der Waals surface area (Å²) in [7, 11) is 0. The first-order valence-electron chi connectivity index (χ1n) is 17.6. The van der Waals surface area contributed by atoms with Crippen molar-refractivity contribution in [3.05, 3.63) is 176 Å². The van der Waals surface area contributed by atoms with Gasteiger partial charge in [0.1, 0.15) is 0 Å². The Morgan fingerprint density at radius 3 is 1.63 bits per heavy atom. The molecule has 0 unspecified atom stereocenters. The van der Waals surface area contributed by atoms with Crippen LogP contribution in [0.4, 0.5) is 0 Å². The van der Waals surface area contributed by atoms with Crippen molar-refractivity contribution in [3.63, 3.8) is 0 Å². The van der Waals surface area contributed by atoms with Crippen LogP contribution in [0.5, 0.6) is 0 Å². The lowest BCUT2D eigenvalue weighted by molar-refractivity contribution is 1.18. The number of benzene rings is 8. The first kappa shape index (κ1) is 27.0. The quantitative estimate of drug-likeness (QED) is 0.181. The summed E-state index contributed by atoms with van der Waals surface area (Å²) >= 11 is 0. The van der Waals surface area contributed by atoms with Crippen molar-refractivity contribution < 1.29 is 0 Å². The van der Waals surface area contributed by atoms with E-state index in [1.165, 1.54) is 104 Å². The smallest absolute Gasteiger partial charge is 0.0641 e. The Labute approximate surface area is 292 Å². The second kappa shape index (κ2) is 9.87. The maximum absolute atomic E-state index is 2.54. The summed E-state index contributed by atoms with van der Waals surface area (Å²) in [5.41, 5.74) is 13.5. The molecule has 12 rings (SSSR count). The van der Waals surface area contributed by atoms with Gasteiger partial charge in [-0.2, -0.15) is 0 Å². The van der Waals surface area contributed by atoms with Crippen molar-refractivity contribution in [3.8, 4) is 22.5 Å². The Hall–Kier alpha value is -6.84. The first-order chi connectivity index (χ1) is 25.3. The Balaban J connectivity index is 1.21. The third-order valence-electron chi connectivity index (χ3n) is 11.2. The molecule has 8 aromatic carbocycles. The fourth-order valence-corrected chi connectivity index (χ4v) is 9.13. The number of hydrogen-bond acceptors (Lipinski definition) is 0. The van der Waals surface area contributed by atoms with E-state index in [-0.39, 0.29) is 0 Å². The highest BCUT2D eigenvalue weighted by atomic mass is 15.0. The van der Waals surface area contributed by atoms with Gasteiger partial charge in [0.15, 0.2) is 0 Å². The monoisotopic (exact) mass is 647 g/mol. The van der Waals surface area contributed by atoms with E-state index in [9.17, 15) is 0 Å². The molecule has 236 valence electrons. The first-order valence-corrected chi connectivity index (χ1v) is 17.6. The average Bonchev–Trinajstić information content (AvgIpc) is 3.92. The molecule has 0 radical (unpaired) electrons. The molecule has 0 spiro atoms. The number of para-hydroxylation sites is 6. The highest BCUT2D eigenvalue weighted by Gasteiger charge is 2.24. The molecule has 0 saturated carbocycles. The molecular formula is C48H29N3. The molecule has 4 heterocycles. The molecule has 51 heavy (non-hydrogen) atoms. The zero-order valence-electron chi connectivity index (χ0n) is 27.6. The lowest BCUT2D eigenvalue weighted by Crippen LogP contribution is -1.97. The van der Waals surface area contributed by atoms with Gasteiger partial charge in [-0.05, 0) is 60.2 Å². The molecule has 0 bridgehead atoms. The Kier molecular flexibility index (Phi) is 5.23. The fourth-order valence-electron chi connectivity index (χ4n) is 9.13. The molecule has 4 aromatic heterocycles. The summed E-state index contributed by atoms with van der Waals surface area (Å²) in [5.74, 6) is 0. The standard InChI is InChI=1S/C48H29N3/c1-2-13-31(14-3-1)49-40-21-8-6-17-35(40)39-29-30(25-27-44(39)49)32-19-12-20-36-33-15-4-10-23-42(33)51(47(32)36)45-28-26-37-34-16-5-9-22-41(34)50-43-24-11-7-18-38(43)46(45)48(37)50/h1-29H. The molecular weight excluding hydrogens is 619 g/mol. The van der Waals surface area contributed by atoms with E-state index >= 15 is 0 Å². The van der Waals surface area contributed by atoms with Crippen LogP contribution in [-0.4, -0.2) is 13.5 Å². The number of nitrogens with zero attached hydrogens (tertiary/aromatic N) is 3. The van der Waals surface area contributed by atoms with Gasteiger partial charge in [-0.15, -0.1) is 0 Å². The zero-order chi connectivity index (χ0) is 33.2. The third kappa shape index (κ3) is 3.47. The van der Waals surface area contributed by atoms with Gasteiger partial charge >= 0.3 is 0 Å². The zero-order valence-corrected chi connectivity index (χ0v) is 27.6. The van der Waals surface area contributed by atoms with Crippen LogP contribution in [0, 0.1) is 0 Å². The lowest BCUT2D eigenvalue weighted by atomic mass is 9.99. The van der Waals surface area contributed by atoms with E-state index in [1.807, 2.05) is 0 Å². The van der Waals surface area contributed by atoms with E-state index in [2.05, 4.69) is 189 Å². The van der Waals surface area contributed by atoms with E-state index in [0.29, 0.717) is 0 Å². The predicted molar refractivity (Wildman–Crippen MR) is 215 cm³/mol. The maximum atomic E-state index is 2.54. The van der Waals surface area contributed by atoms with Crippen LogP contribution in [0.15, 0.2) is 176 Å². The predicted octanol–water partition coefficient (Wildman–Crippen LogP) is 12.7. The highest BCUT2D eigenvalue weighted by Crippen LogP contribution is 2.46. The molecule has 0 aliphatic rings. The summed E-state index contributed by atoms with van der Waals surface area (Å²) in [6, 6.07) is 64.6. The fraction of sp³-hybridized carbons (Fsp3) is 0. The second-order valence-corrected chi connectivity index (χ2v) is 13.7. The second-order valence-electron chi connectivity index (χ2n) is 13.7. The molecule has 3 nitrogen and oxygen atoms in total. The van der Waals surface area contributed by atoms with Crippen LogP contribution in [0.2, 0.25) is 0 Å². The van der Waals surface area contributed by atoms with Crippen molar-refractivity contribution in [2.45, 2.75) is 0 Å². The number of hydrogen-bond donors (Lipinski definition) is 0. The summed E-state index contributed by atoms with van der Waals surface area (Å²) in [6.07, 6.45) is 0. The van der Waals surface area contributed by atoms with E-state index in [0.717, 1.165) is 0 Å². The molecule has 0 atom stereocenters. The van der Waals surface area contributed by atoms with Crippen LogP contribution in [-0.2, 0) is 0 Å². The number of aromatic nitrogens is 3. The molecule has 0 aliphatic carbocycles. The molecule has 12 aromatic rings. The highest BCUT2D eigenvalue weighted by molar-refractivity contribution is 6.27. The molecule has 0 aliphatic heterocycles. The summed E-state index contributed by atoms with van der Waals surface area (Å²) in [5, 5.41) is 10.2. The molecule has 3 heteroatoms. The van der Waals surface area contributed by atoms with Gasteiger partial charge < -0.3 is 13.5 Å². The summed E-state index contributed by atoms with van der Waals surface area (Å²) < 4.78 is 7.40. The van der Waals surface area contributed by atoms with Gasteiger partial charge in [-0.25, -0.2) is 0 Å². The average molecular weight is 648 g/mol. The Morgan fingerprint density at radius 1 is 0.314 bits per heavy atom. The van der Waals surface area contributed by atoms with E-state index in [1.54, 1.807) is 0 Å². The van der Waals surface area contributed by atoms with E-state index < -0.39 is 0 Å². The summed E-state index contributed by atoms with van der Waals surface area (Å²) in [4.78, 5) is 0. The van der Waals surface area contributed by atoms with E-state index in [4.69, 9.17) is 0 Å². The van der Waals surface area contributed by atoms with Crippen LogP contribution in [0.25, 0.3) is 104 Å². The van der Waals surface area contributed by atoms with Gasteiger partial charge in [0, 0.05) is 54.3 Å². The van der Waals surface area contributed by atoms with Crippen LogP contribution in [0.3, 0.4) is 0 Å². The molecule has 0 amide bonds. The van der Waals surface area contributed by atoms with Gasteiger partial charge in [0.2, 0.25) is 0 Å². The number of rotatable bonds is 3. The lowest BCUT2D eigenvalue weighted by Gasteiger charge is -2.14. The SMILES string of the molecule is c1ccc(-n2c3ccccc3c3cc(-c4cccc5c6ccccc6n(-c6ccc7c8ccccc8n8c9ccccc9c6c78)c45)ccc32)cc1. The maximum Gasteiger partial charge on any atom is 0.0641 e. The molecule has 0 fully saturated rings. The van der Waals surface area contributed by atoms with Crippen molar-refractivity contribution in [1.29, 1.82) is 0 Å². The topological polar surface area (TPSA) is 14.3 Å². The minimum atomic E-state index is 1.17. The minimum Gasteiger partial charge on any atom is -0.309 e. The minimum absolute atomic E-state index is 1.17. The van der Waals surface area contributed by atoms with Crippen LogP contribution in [0.1, 0.15) is 0 Å². The Morgan fingerprint density at radius 2 is 0.863 bits per heavy atom. The molecule has 0 saturated heterocycles. The van der Waals surface area contributed by atoms with Gasteiger partial charge in [0.05, 0.1) is 44.3 Å². The van der Waals surface area contributed by atoms with Gasteiger partial charge in [-0.1, -0.05) is 121 Å². The Bertz CT molecular complexity index is 3360. The number of fused-ring (bicyclic) bond motifs is 12. The summed E-state index contributed by atoms with van der Waals surface area (Å²) in [6.45, 7) is 0.